The van der Waals surface area contributed by atoms with Crippen molar-refractivity contribution in [1.82, 2.24) is 19.4 Å². The van der Waals surface area contributed by atoms with Gasteiger partial charge in [-0.25, -0.2) is 4.79 Å². The van der Waals surface area contributed by atoms with Crippen molar-refractivity contribution in [2.75, 3.05) is 26.7 Å². The van der Waals surface area contributed by atoms with Gasteiger partial charge in [-0.1, -0.05) is 36.4 Å². The fourth-order valence-electron chi connectivity index (χ4n) is 5.48. The van der Waals surface area contributed by atoms with Gasteiger partial charge >= 0.3 is 12.1 Å². The van der Waals surface area contributed by atoms with E-state index < -0.39 is 23.7 Å². The number of ether oxygens (including phenoxy) is 3. The Labute approximate surface area is 257 Å². The number of hydrogen-bond donors (Lipinski definition) is 0. The highest BCUT2D eigenvalue weighted by molar-refractivity contribution is 6.09. The Bertz CT molecular complexity index is 1670. The summed E-state index contributed by atoms with van der Waals surface area (Å²) in [5.74, 6) is 0.189. The lowest BCUT2D eigenvalue weighted by molar-refractivity contribution is -0.142. The van der Waals surface area contributed by atoms with Crippen LogP contribution in [0.15, 0.2) is 66.9 Å². The third-order valence-electron chi connectivity index (χ3n) is 7.54. The van der Waals surface area contributed by atoms with E-state index in [-0.39, 0.29) is 32.0 Å². The third-order valence-corrected chi connectivity index (χ3v) is 7.54. The monoisotopic (exact) mass is 598 g/mol. The summed E-state index contributed by atoms with van der Waals surface area (Å²) in [6.45, 7) is 9.79. The number of methoxy groups -OCH3 is 1. The summed E-state index contributed by atoms with van der Waals surface area (Å²) in [6, 6.07) is 18.7. The van der Waals surface area contributed by atoms with E-state index in [1.54, 1.807) is 31.9 Å². The molecule has 5 rings (SSSR count). The number of benzene rings is 2. The molecule has 2 aromatic heterocycles. The Kier molecular flexibility index (Phi) is 8.62. The number of pyridine rings is 1. The maximum absolute atomic E-state index is 14.6. The number of amides is 2. The highest BCUT2D eigenvalue weighted by atomic mass is 16.6. The molecule has 10 nitrogen and oxygen atoms in total. The summed E-state index contributed by atoms with van der Waals surface area (Å²) in [7, 11) is 1.30. The molecule has 1 aliphatic heterocycles. The number of piperazine rings is 1. The van der Waals surface area contributed by atoms with Crippen molar-refractivity contribution < 1.29 is 28.6 Å². The van der Waals surface area contributed by atoms with Gasteiger partial charge in [0.1, 0.15) is 22.4 Å². The van der Waals surface area contributed by atoms with E-state index in [0.717, 1.165) is 16.8 Å². The van der Waals surface area contributed by atoms with Crippen LogP contribution in [0.4, 0.5) is 4.79 Å². The molecule has 1 fully saturated rings. The first kappa shape index (κ1) is 30.6. The summed E-state index contributed by atoms with van der Waals surface area (Å²) >= 11 is 0. The van der Waals surface area contributed by atoms with Crippen molar-refractivity contribution in [3.8, 4) is 17.3 Å². The van der Waals surface area contributed by atoms with E-state index >= 15 is 0 Å². The molecule has 0 radical (unpaired) electrons. The number of para-hydroxylation sites is 2. The summed E-state index contributed by atoms with van der Waals surface area (Å²) in [6.07, 6.45) is 1.02. The minimum atomic E-state index is -0.718. The van der Waals surface area contributed by atoms with Gasteiger partial charge in [-0.3, -0.25) is 19.1 Å². The maximum atomic E-state index is 14.6. The fraction of sp³-hybridized carbons (Fsp3) is 0.353. The molecular formula is C34H38N4O6. The van der Waals surface area contributed by atoms with E-state index in [2.05, 4.69) is 4.98 Å². The predicted octanol–water partition coefficient (Wildman–Crippen LogP) is 6.06. The van der Waals surface area contributed by atoms with E-state index in [1.165, 1.54) is 12.0 Å². The first-order valence-corrected chi connectivity index (χ1v) is 14.6. The number of esters is 1. The third kappa shape index (κ3) is 6.24. The quantitative estimate of drug-likeness (QED) is 0.249. The van der Waals surface area contributed by atoms with Gasteiger partial charge in [0.15, 0.2) is 0 Å². The van der Waals surface area contributed by atoms with Crippen LogP contribution in [-0.4, -0.2) is 75.7 Å². The SMILES string of the molecule is COC(=O)CC1CN(C(=O)c2c(Oc3c(C)cccc3C)n(-c3ccccc3)c3cccnc23)CCN1C(=O)OC(C)(C)C. The molecule has 1 aliphatic rings. The summed E-state index contributed by atoms with van der Waals surface area (Å²) in [5, 5.41) is 0. The van der Waals surface area contributed by atoms with Gasteiger partial charge in [0.05, 0.1) is 25.1 Å². The number of carbonyl (C=O) groups excluding carboxylic acids is 3. The zero-order chi connectivity index (χ0) is 31.6. The smallest absolute Gasteiger partial charge is 0.410 e. The first-order valence-electron chi connectivity index (χ1n) is 14.6. The van der Waals surface area contributed by atoms with E-state index in [9.17, 15) is 14.4 Å². The Hall–Kier alpha value is -4.86. The van der Waals surface area contributed by atoms with Crippen molar-refractivity contribution in [1.29, 1.82) is 0 Å². The minimum absolute atomic E-state index is 0.0880. The zero-order valence-electron chi connectivity index (χ0n) is 26.0. The molecule has 4 aromatic rings. The highest BCUT2D eigenvalue weighted by Gasteiger charge is 2.39. The Morgan fingerprint density at radius 1 is 0.932 bits per heavy atom. The van der Waals surface area contributed by atoms with Crippen LogP contribution >= 0.6 is 0 Å². The fourth-order valence-corrected chi connectivity index (χ4v) is 5.48. The van der Waals surface area contributed by atoms with Gasteiger partial charge in [0.25, 0.3) is 5.91 Å². The molecule has 0 N–H and O–H groups in total. The van der Waals surface area contributed by atoms with Crippen molar-refractivity contribution in [2.24, 2.45) is 0 Å². The Balaban J connectivity index is 1.61. The van der Waals surface area contributed by atoms with Crippen LogP contribution in [0, 0.1) is 13.8 Å². The number of hydrogen-bond acceptors (Lipinski definition) is 7. The highest BCUT2D eigenvalue weighted by Crippen LogP contribution is 2.39. The van der Waals surface area contributed by atoms with Crippen LogP contribution in [0.2, 0.25) is 0 Å². The van der Waals surface area contributed by atoms with Gasteiger partial charge < -0.3 is 24.0 Å². The zero-order valence-corrected chi connectivity index (χ0v) is 26.0. The second-order valence-corrected chi connectivity index (χ2v) is 11.9. The molecule has 230 valence electrons. The molecule has 1 unspecified atom stereocenters. The van der Waals surface area contributed by atoms with Crippen LogP contribution in [-0.2, 0) is 14.3 Å². The number of nitrogens with zero attached hydrogens (tertiary/aromatic N) is 4. The van der Waals surface area contributed by atoms with Crippen molar-refractivity contribution in [3.05, 3.63) is 83.6 Å². The van der Waals surface area contributed by atoms with Crippen molar-refractivity contribution in [3.63, 3.8) is 0 Å². The van der Waals surface area contributed by atoms with E-state index in [4.69, 9.17) is 14.2 Å². The lowest BCUT2D eigenvalue weighted by Gasteiger charge is -2.41. The van der Waals surface area contributed by atoms with Crippen LogP contribution in [0.3, 0.4) is 0 Å². The van der Waals surface area contributed by atoms with Crippen molar-refractivity contribution >= 4 is 29.0 Å². The van der Waals surface area contributed by atoms with Gasteiger partial charge in [-0.2, -0.15) is 0 Å². The lowest BCUT2D eigenvalue weighted by Crippen LogP contribution is -2.58. The lowest BCUT2D eigenvalue weighted by atomic mass is 10.1. The molecule has 0 bridgehead atoms. The molecule has 3 heterocycles. The summed E-state index contributed by atoms with van der Waals surface area (Å²) in [4.78, 5) is 47.9. The second kappa shape index (κ2) is 12.4. The van der Waals surface area contributed by atoms with Gasteiger partial charge in [0.2, 0.25) is 5.88 Å². The minimum Gasteiger partial charge on any atom is -0.469 e. The number of carbonyl (C=O) groups is 3. The van der Waals surface area contributed by atoms with Crippen molar-refractivity contribution in [2.45, 2.75) is 52.7 Å². The predicted molar refractivity (Wildman–Crippen MR) is 166 cm³/mol. The number of aromatic nitrogens is 2. The average molecular weight is 599 g/mol. The maximum Gasteiger partial charge on any atom is 0.410 e. The topological polar surface area (TPSA) is 103 Å². The van der Waals surface area contributed by atoms with E-state index in [0.29, 0.717) is 28.2 Å². The molecule has 44 heavy (non-hydrogen) atoms. The number of aryl methyl sites for hydroxylation is 2. The van der Waals surface area contributed by atoms with Gasteiger partial charge in [-0.15, -0.1) is 0 Å². The molecule has 0 saturated carbocycles. The van der Waals surface area contributed by atoms with Crippen LogP contribution in [0.1, 0.15) is 48.7 Å². The van der Waals surface area contributed by atoms with Crippen LogP contribution < -0.4 is 4.74 Å². The molecule has 0 spiro atoms. The molecule has 10 heteroatoms. The standard InChI is InChI=1S/C34H38N4O6/c1-22-12-10-13-23(2)30(22)43-32-28(29-26(16-11-17-35-29)38(32)24-14-8-7-9-15-24)31(40)36-18-19-37(33(41)44-34(3,4)5)25(21-36)20-27(39)42-6/h7-17,25H,18-21H2,1-6H3. The molecule has 1 atom stereocenters. The Morgan fingerprint density at radius 3 is 2.30 bits per heavy atom. The first-order chi connectivity index (χ1) is 21.0. The molecule has 1 saturated heterocycles. The molecule has 2 aromatic carbocycles. The normalized spacial score (nSPS) is 15.3. The van der Waals surface area contributed by atoms with E-state index in [1.807, 2.05) is 79.1 Å². The second-order valence-electron chi connectivity index (χ2n) is 11.9. The number of fused-ring (bicyclic) bond motifs is 1. The molecule has 2 amide bonds. The Morgan fingerprint density at radius 2 is 1.64 bits per heavy atom. The average Bonchev–Trinajstić information content (AvgIpc) is 3.31. The summed E-state index contributed by atoms with van der Waals surface area (Å²) in [5.41, 5.74) is 3.43. The van der Waals surface area contributed by atoms with Gasteiger partial charge in [-0.05, 0) is 70.0 Å². The summed E-state index contributed by atoms with van der Waals surface area (Å²) < 4.78 is 19.1. The van der Waals surface area contributed by atoms with Crippen LogP contribution in [0.5, 0.6) is 11.6 Å². The largest absolute Gasteiger partial charge is 0.469 e. The molecular weight excluding hydrogens is 560 g/mol. The number of rotatable bonds is 6. The molecule has 0 aliphatic carbocycles. The van der Waals surface area contributed by atoms with Crippen LogP contribution in [0.25, 0.3) is 16.7 Å². The van der Waals surface area contributed by atoms with Gasteiger partial charge in [0, 0.05) is 31.5 Å².